The van der Waals surface area contributed by atoms with Gasteiger partial charge < -0.3 is 13.7 Å². The predicted octanol–water partition coefficient (Wildman–Crippen LogP) is 4.42. The molecule has 0 saturated carbocycles. The Morgan fingerprint density at radius 3 is 2.77 bits per heavy atom. The molecule has 0 bridgehead atoms. The molecule has 2 aromatic heterocycles. The van der Waals surface area contributed by atoms with Crippen molar-refractivity contribution in [2.45, 2.75) is 13.0 Å². The number of esters is 1. The van der Waals surface area contributed by atoms with Gasteiger partial charge in [0, 0.05) is 16.0 Å². The normalized spacial score (nSPS) is 11.0. The van der Waals surface area contributed by atoms with Gasteiger partial charge >= 0.3 is 5.97 Å². The average Bonchev–Trinajstić information content (AvgIpc) is 3.28. The highest BCUT2D eigenvalue weighted by Crippen LogP contribution is 2.23. The van der Waals surface area contributed by atoms with E-state index in [1.165, 1.54) is 0 Å². The van der Waals surface area contributed by atoms with Gasteiger partial charge in [-0.05, 0) is 36.4 Å². The van der Waals surface area contributed by atoms with Crippen LogP contribution < -0.4 is 0 Å². The monoisotopic (exact) mass is 368 g/mol. The van der Waals surface area contributed by atoms with Gasteiger partial charge in [0.15, 0.2) is 18.0 Å². The maximum atomic E-state index is 12.1. The molecule has 0 aliphatic heterocycles. The molecule has 4 rings (SSSR count). The number of hydrogen-bond acceptors (Lipinski definition) is 6. The Balaban J connectivity index is 1.38. The fourth-order valence-corrected chi connectivity index (χ4v) is 2.65. The molecular weight excluding hydrogens is 356 g/mol. The van der Waals surface area contributed by atoms with E-state index < -0.39 is 5.97 Å². The average molecular weight is 369 g/mol. The number of carbonyl (C=O) groups excluding carboxylic acids is 1. The Bertz CT molecular complexity index is 1050. The first-order chi connectivity index (χ1) is 12.7. The number of halogens is 1. The van der Waals surface area contributed by atoms with Gasteiger partial charge in [-0.1, -0.05) is 28.9 Å². The third kappa shape index (κ3) is 3.45. The second-order valence-corrected chi connectivity index (χ2v) is 6.02. The maximum absolute atomic E-state index is 12.1. The standard InChI is InChI=1S/C19H13ClN2O4/c20-13-7-5-12(6-8-13)17-10-21-18(25-17)11-24-19(23)9-15-14-3-1-2-4-16(14)26-22-15/h1-8,10H,9,11H2. The third-order valence-electron chi connectivity index (χ3n) is 3.80. The lowest BCUT2D eigenvalue weighted by molar-refractivity contribution is -0.144. The Kier molecular flexibility index (Phi) is 4.41. The van der Waals surface area contributed by atoms with E-state index in [-0.39, 0.29) is 13.0 Å². The summed E-state index contributed by atoms with van der Waals surface area (Å²) in [5.41, 5.74) is 2.02. The van der Waals surface area contributed by atoms with E-state index in [9.17, 15) is 4.79 Å². The quantitative estimate of drug-likeness (QED) is 0.485. The summed E-state index contributed by atoms with van der Waals surface area (Å²) in [4.78, 5) is 16.2. The molecule has 2 heterocycles. The van der Waals surface area contributed by atoms with E-state index in [0.717, 1.165) is 10.9 Å². The molecule has 0 fully saturated rings. The van der Waals surface area contributed by atoms with Crippen molar-refractivity contribution < 1.29 is 18.5 Å². The summed E-state index contributed by atoms with van der Waals surface area (Å²) in [6.07, 6.45) is 1.60. The van der Waals surface area contributed by atoms with Crippen molar-refractivity contribution in [1.82, 2.24) is 10.1 Å². The number of benzene rings is 2. The van der Waals surface area contributed by atoms with Gasteiger partial charge in [0.25, 0.3) is 0 Å². The molecule has 0 radical (unpaired) electrons. The van der Waals surface area contributed by atoms with Crippen LogP contribution in [-0.4, -0.2) is 16.1 Å². The SMILES string of the molecule is O=C(Cc1noc2ccccc12)OCc1ncc(-c2ccc(Cl)cc2)o1. The van der Waals surface area contributed by atoms with Gasteiger partial charge in [-0.25, -0.2) is 4.98 Å². The Labute approximate surface area is 153 Å². The number of ether oxygens (including phenoxy) is 1. The largest absolute Gasteiger partial charge is 0.455 e. The smallest absolute Gasteiger partial charge is 0.312 e. The van der Waals surface area contributed by atoms with E-state index in [1.807, 2.05) is 30.3 Å². The Morgan fingerprint density at radius 2 is 1.92 bits per heavy atom. The fraction of sp³-hybridized carbons (Fsp3) is 0.105. The minimum Gasteiger partial charge on any atom is -0.455 e. The van der Waals surface area contributed by atoms with Crippen molar-refractivity contribution in [3.63, 3.8) is 0 Å². The van der Waals surface area contributed by atoms with Gasteiger partial charge in [-0.2, -0.15) is 0 Å². The first-order valence-corrected chi connectivity index (χ1v) is 8.26. The fourth-order valence-electron chi connectivity index (χ4n) is 2.52. The van der Waals surface area contributed by atoms with Gasteiger partial charge in [-0.15, -0.1) is 0 Å². The van der Waals surface area contributed by atoms with E-state index in [2.05, 4.69) is 10.1 Å². The van der Waals surface area contributed by atoms with Crippen LogP contribution >= 0.6 is 11.6 Å². The van der Waals surface area contributed by atoms with Crippen molar-refractivity contribution >= 4 is 28.5 Å². The molecule has 6 nitrogen and oxygen atoms in total. The second kappa shape index (κ2) is 7.01. The number of fused-ring (bicyclic) bond motifs is 1. The summed E-state index contributed by atoms with van der Waals surface area (Å²) >= 11 is 5.87. The van der Waals surface area contributed by atoms with Gasteiger partial charge in [0.2, 0.25) is 5.89 Å². The van der Waals surface area contributed by atoms with Crippen LogP contribution in [0, 0.1) is 0 Å². The van der Waals surface area contributed by atoms with Crippen molar-refractivity contribution in [2.24, 2.45) is 0 Å². The molecule has 0 atom stereocenters. The highest BCUT2D eigenvalue weighted by molar-refractivity contribution is 6.30. The van der Waals surface area contributed by atoms with Crippen LogP contribution in [0.1, 0.15) is 11.6 Å². The number of hydrogen-bond donors (Lipinski definition) is 0. The van der Waals surface area contributed by atoms with Gasteiger partial charge in [-0.3, -0.25) is 4.79 Å². The summed E-state index contributed by atoms with van der Waals surface area (Å²) < 4.78 is 16.0. The lowest BCUT2D eigenvalue weighted by Gasteiger charge is -2.01. The zero-order valence-corrected chi connectivity index (χ0v) is 14.3. The van der Waals surface area contributed by atoms with Crippen LogP contribution in [0.4, 0.5) is 0 Å². The van der Waals surface area contributed by atoms with E-state index >= 15 is 0 Å². The zero-order chi connectivity index (χ0) is 17.9. The molecule has 2 aromatic carbocycles. The van der Waals surface area contributed by atoms with Crippen LogP contribution in [0.15, 0.2) is 63.7 Å². The molecular formula is C19H13ClN2O4. The van der Waals surface area contributed by atoms with Crippen LogP contribution in [-0.2, 0) is 22.6 Å². The number of oxazole rings is 1. The molecule has 0 aliphatic carbocycles. The molecule has 26 heavy (non-hydrogen) atoms. The number of para-hydroxylation sites is 1. The lowest BCUT2D eigenvalue weighted by atomic mass is 10.2. The molecule has 0 spiro atoms. The van der Waals surface area contributed by atoms with E-state index in [1.54, 1.807) is 24.4 Å². The van der Waals surface area contributed by atoms with Crippen molar-refractivity contribution in [3.05, 3.63) is 71.3 Å². The molecule has 130 valence electrons. The Morgan fingerprint density at radius 1 is 1.12 bits per heavy atom. The van der Waals surface area contributed by atoms with E-state index in [0.29, 0.717) is 28.0 Å². The molecule has 0 aliphatic rings. The number of carbonyl (C=O) groups is 1. The summed E-state index contributed by atoms with van der Waals surface area (Å²) in [7, 11) is 0. The summed E-state index contributed by atoms with van der Waals surface area (Å²) in [6, 6.07) is 14.5. The van der Waals surface area contributed by atoms with Crippen molar-refractivity contribution in [3.8, 4) is 11.3 Å². The molecule has 4 aromatic rings. The van der Waals surface area contributed by atoms with Crippen molar-refractivity contribution in [2.75, 3.05) is 0 Å². The number of aromatic nitrogens is 2. The second-order valence-electron chi connectivity index (χ2n) is 5.59. The predicted molar refractivity (Wildman–Crippen MR) is 94.5 cm³/mol. The van der Waals surface area contributed by atoms with Crippen LogP contribution in [0.5, 0.6) is 0 Å². The molecule has 0 amide bonds. The van der Waals surface area contributed by atoms with Crippen LogP contribution in [0.25, 0.3) is 22.3 Å². The zero-order valence-electron chi connectivity index (χ0n) is 13.5. The number of nitrogens with zero attached hydrogens (tertiary/aromatic N) is 2. The topological polar surface area (TPSA) is 78.4 Å². The molecule has 0 saturated heterocycles. The first-order valence-electron chi connectivity index (χ1n) is 7.88. The Hall–Kier alpha value is -3.12. The summed E-state index contributed by atoms with van der Waals surface area (Å²) in [6.45, 7) is -0.0534. The van der Waals surface area contributed by atoms with Gasteiger partial charge in [0.05, 0.1) is 12.6 Å². The minimum atomic E-state index is -0.435. The van der Waals surface area contributed by atoms with Crippen LogP contribution in [0.2, 0.25) is 5.02 Å². The molecule has 0 unspecified atom stereocenters. The minimum absolute atomic E-state index is 0.0156. The molecule has 7 heteroatoms. The summed E-state index contributed by atoms with van der Waals surface area (Å²) in [5.74, 6) is 0.457. The lowest BCUT2D eigenvalue weighted by Crippen LogP contribution is -2.08. The van der Waals surface area contributed by atoms with Gasteiger partial charge in [0.1, 0.15) is 5.69 Å². The summed E-state index contributed by atoms with van der Waals surface area (Å²) in [5, 5.41) is 5.35. The first kappa shape index (κ1) is 16.4. The van der Waals surface area contributed by atoms with Crippen LogP contribution in [0.3, 0.4) is 0 Å². The third-order valence-corrected chi connectivity index (χ3v) is 4.05. The highest BCUT2D eigenvalue weighted by atomic mass is 35.5. The van der Waals surface area contributed by atoms with Crippen molar-refractivity contribution in [1.29, 1.82) is 0 Å². The highest BCUT2D eigenvalue weighted by Gasteiger charge is 2.14. The maximum Gasteiger partial charge on any atom is 0.312 e. The molecule has 0 N–H and O–H groups in total. The van der Waals surface area contributed by atoms with E-state index in [4.69, 9.17) is 25.3 Å². The number of rotatable bonds is 5.